The number of imidazole rings is 1. The molecule has 106 valence electrons. The van der Waals surface area contributed by atoms with E-state index in [4.69, 9.17) is 4.74 Å². The van der Waals surface area contributed by atoms with Gasteiger partial charge in [0.25, 0.3) is 0 Å². The van der Waals surface area contributed by atoms with Crippen LogP contribution in [0.1, 0.15) is 31.3 Å². The van der Waals surface area contributed by atoms with Crippen LogP contribution in [0.2, 0.25) is 0 Å². The molecule has 0 spiro atoms. The molecule has 0 saturated carbocycles. The second kappa shape index (κ2) is 6.03. The molecule has 0 radical (unpaired) electrons. The van der Waals surface area contributed by atoms with Crippen LogP contribution in [0.25, 0.3) is 0 Å². The largest absolute Gasteiger partial charge is 0.374 e. The van der Waals surface area contributed by atoms with Crippen LogP contribution in [0.15, 0.2) is 6.20 Å². The molecule has 2 fully saturated rings. The van der Waals surface area contributed by atoms with Crippen LogP contribution in [0.4, 0.5) is 0 Å². The number of morpholine rings is 1. The van der Waals surface area contributed by atoms with Crippen LogP contribution >= 0.6 is 0 Å². The fraction of sp³-hybridized carbons (Fsp3) is 0.786. The highest BCUT2D eigenvalue weighted by molar-refractivity contribution is 5.03. The number of aromatic nitrogens is 2. The average Bonchev–Trinajstić information content (AvgIpc) is 3.02. The monoisotopic (exact) mass is 264 g/mol. The van der Waals surface area contributed by atoms with Crippen molar-refractivity contribution in [3.8, 4) is 0 Å². The third kappa shape index (κ3) is 3.16. The number of likely N-dealkylation sites (tertiary alicyclic amines) is 1. The highest BCUT2D eigenvalue weighted by Gasteiger charge is 2.35. The van der Waals surface area contributed by atoms with Crippen molar-refractivity contribution < 1.29 is 4.74 Å². The van der Waals surface area contributed by atoms with Gasteiger partial charge in [-0.3, -0.25) is 4.90 Å². The first-order valence-electron chi connectivity index (χ1n) is 7.45. The molecule has 5 heteroatoms. The average molecular weight is 264 g/mol. The topological polar surface area (TPSA) is 53.2 Å². The predicted molar refractivity (Wildman–Crippen MR) is 74.0 cm³/mol. The number of aromatic amines is 1. The maximum Gasteiger partial charge on any atom is 0.106 e. The SMILES string of the molecule is CCCCc1ncc(CN2C[C@@H]3NCCO[C@H]3C2)[nH]1. The second-order valence-electron chi connectivity index (χ2n) is 5.62. The minimum atomic E-state index is 0.372. The standard InChI is InChI=1S/C14H24N4O/c1-2-3-4-14-16-7-11(17-14)8-18-9-12-13(10-18)19-6-5-15-12/h7,12-13,15H,2-6,8-10H2,1H3,(H,16,17)/t12-,13-/m0/s1. The summed E-state index contributed by atoms with van der Waals surface area (Å²) in [5.74, 6) is 1.13. The van der Waals surface area contributed by atoms with Gasteiger partial charge in [-0.2, -0.15) is 0 Å². The molecule has 2 aliphatic heterocycles. The number of ether oxygens (including phenoxy) is 1. The van der Waals surface area contributed by atoms with Gasteiger partial charge >= 0.3 is 0 Å². The minimum absolute atomic E-state index is 0.372. The molecule has 19 heavy (non-hydrogen) atoms. The molecule has 2 N–H and O–H groups in total. The Balaban J connectivity index is 1.52. The number of nitrogens with zero attached hydrogens (tertiary/aromatic N) is 2. The fourth-order valence-corrected chi connectivity index (χ4v) is 3.00. The number of unbranched alkanes of at least 4 members (excludes halogenated alkanes) is 1. The van der Waals surface area contributed by atoms with Crippen LogP contribution in [-0.2, 0) is 17.7 Å². The molecule has 2 atom stereocenters. The molecule has 1 aromatic rings. The molecule has 0 aromatic carbocycles. The van der Waals surface area contributed by atoms with Crippen LogP contribution in [0.5, 0.6) is 0 Å². The van der Waals surface area contributed by atoms with Gasteiger partial charge in [-0.05, 0) is 6.42 Å². The van der Waals surface area contributed by atoms with Gasteiger partial charge in [0, 0.05) is 50.5 Å². The Morgan fingerprint density at radius 3 is 3.26 bits per heavy atom. The molecular weight excluding hydrogens is 240 g/mol. The van der Waals surface area contributed by atoms with Crippen molar-refractivity contribution in [1.82, 2.24) is 20.2 Å². The molecule has 1 aromatic heterocycles. The molecule has 2 aliphatic rings. The molecule has 0 aliphatic carbocycles. The van der Waals surface area contributed by atoms with Crippen molar-refractivity contribution in [2.45, 2.75) is 44.9 Å². The number of hydrogen-bond acceptors (Lipinski definition) is 4. The number of aryl methyl sites for hydroxylation is 1. The predicted octanol–water partition coefficient (Wildman–Crippen LogP) is 0.925. The summed E-state index contributed by atoms with van der Waals surface area (Å²) in [7, 11) is 0. The van der Waals surface area contributed by atoms with E-state index in [0.717, 1.165) is 45.0 Å². The maximum absolute atomic E-state index is 5.80. The van der Waals surface area contributed by atoms with E-state index >= 15 is 0 Å². The first-order valence-corrected chi connectivity index (χ1v) is 7.45. The van der Waals surface area contributed by atoms with E-state index in [0.29, 0.717) is 12.1 Å². The van der Waals surface area contributed by atoms with Gasteiger partial charge in [0.05, 0.1) is 12.7 Å². The van der Waals surface area contributed by atoms with Crippen molar-refractivity contribution in [2.75, 3.05) is 26.2 Å². The second-order valence-corrected chi connectivity index (χ2v) is 5.62. The summed E-state index contributed by atoms with van der Waals surface area (Å²) in [4.78, 5) is 10.3. The number of H-pyrrole nitrogens is 1. The summed E-state index contributed by atoms with van der Waals surface area (Å²) < 4.78 is 5.80. The van der Waals surface area contributed by atoms with Crippen molar-refractivity contribution >= 4 is 0 Å². The zero-order valence-electron chi connectivity index (χ0n) is 11.7. The lowest BCUT2D eigenvalue weighted by Crippen LogP contribution is -2.47. The van der Waals surface area contributed by atoms with Crippen LogP contribution in [0, 0.1) is 0 Å². The van der Waals surface area contributed by atoms with Crippen molar-refractivity contribution in [3.05, 3.63) is 17.7 Å². The lowest BCUT2D eigenvalue weighted by Gasteiger charge is -2.25. The van der Waals surface area contributed by atoms with Crippen LogP contribution in [0.3, 0.4) is 0 Å². The van der Waals surface area contributed by atoms with E-state index in [2.05, 4.69) is 27.1 Å². The molecular formula is C14H24N4O. The summed E-state index contributed by atoms with van der Waals surface area (Å²) in [5.41, 5.74) is 1.23. The summed E-state index contributed by atoms with van der Waals surface area (Å²) >= 11 is 0. The molecule has 0 unspecified atom stereocenters. The van der Waals surface area contributed by atoms with Crippen molar-refractivity contribution in [2.24, 2.45) is 0 Å². The van der Waals surface area contributed by atoms with Crippen LogP contribution in [-0.4, -0.2) is 53.3 Å². The number of rotatable bonds is 5. The normalized spacial score (nSPS) is 27.6. The summed E-state index contributed by atoms with van der Waals surface area (Å²) in [6, 6.07) is 0.510. The van der Waals surface area contributed by atoms with Gasteiger partial charge in [-0.15, -0.1) is 0 Å². The number of nitrogens with one attached hydrogen (secondary N) is 2. The Kier molecular flexibility index (Phi) is 4.15. The lowest BCUT2D eigenvalue weighted by molar-refractivity contribution is 0.0175. The van der Waals surface area contributed by atoms with E-state index in [1.165, 1.54) is 18.5 Å². The molecule has 3 heterocycles. The Morgan fingerprint density at radius 1 is 1.47 bits per heavy atom. The summed E-state index contributed by atoms with van der Waals surface area (Å²) in [6.07, 6.45) is 5.84. The molecule has 5 nitrogen and oxygen atoms in total. The summed E-state index contributed by atoms with van der Waals surface area (Å²) in [5, 5.41) is 3.54. The van der Waals surface area contributed by atoms with E-state index in [1.807, 2.05) is 6.20 Å². The highest BCUT2D eigenvalue weighted by Crippen LogP contribution is 2.18. The molecule has 0 bridgehead atoms. The lowest BCUT2D eigenvalue weighted by atomic mass is 10.2. The zero-order chi connectivity index (χ0) is 13.1. The Hall–Kier alpha value is -0.910. The van der Waals surface area contributed by atoms with E-state index in [9.17, 15) is 0 Å². The van der Waals surface area contributed by atoms with Gasteiger partial charge in [-0.25, -0.2) is 4.98 Å². The fourth-order valence-electron chi connectivity index (χ4n) is 3.00. The third-order valence-corrected chi connectivity index (χ3v) is 4.02. The first-order chi connectivity index (χ1) is 9.35. The Morgan fingerprint density at radius 2 is 2.42 bits per heavy atom. The Bertz CT molecular complexity index is 392. The minimum Gasteiger partial charge on any atom is -0.374 e. The highest BCUT2D eigenvalue weighted by atomic mass is 16.5. The number of hydrogen-bond donors (Lipinski definition) is 2. The van der Waals surface area contributed by atoms with Crippen molar-refractivity contribution in [1.29, 1.82) is 0 Å². The van der Waals surface area contributed by atoms with Gasteiger partial charge < -0.3 is 15.0 Å². The van der Waals surface area contributed by atoms with Gasteiger partial charge in [0.1, 0.15) is 5.82 Å². The van der Waals surface area contributed by atoms with Crippen LogP contribution < -0.4 is 5.32 Å². The van der Waals surface area contributed by atoms with E-state index in [-0.39, 0.29) is 0 Å². The Labute approximate surface area is 114 Å². The zero-order valence-corrected chi connectivity index (χ0v) is 11.7. The van der Waals surface area contributed by atoms with E-state index in [1.54, 1.807) is 0 Å². The third-order valence-electron chi connectivity index (χ3n) is 4.02. The van der Waals surface area contributed by atoms with Gasteiger partial charge in [-0.1, -0.05) is 13.3 Å². The number of fused-ring (bicyclic) bond motifs is 1. The van der Waals surface area contributed by atoms with Gasteiger partial charge in [0.2, 0.25) is 0 Å². The quantitative estimate of drug-likeness (QED) is 0.830. The molecule has 2 saturated heterocycles. The van der Waals surface area contributed by atoms with Gasteiger partial charge in [0.15, 0.2) is 0 Å². The van der Waals surface area contributed by atoms with E-state index < -0.39 is 0 Å². The molecule has 0 amide bonds. The smallest absolute Gasteiger partial charge is 0.106 e. The molecule has 3 rings (SSSR count). The summed E-state index contributed by atoms with van der Waals surface area (Å²) in [6.45, 7) is 7.11. The van der Waals surface area contributed by atoms with Crippen molar-refractivity contribution in [3.63, 3.8) is 0 Å². The first kappa shape index (κ1) is 13.1. The maximum atomic E-state index is 5.80.